The lowest BCUT2D eigenvalue weighted by Gasteiger charge is -2.24. The zero-order valence-electron chi connectivity index (χ0n) is 6.50. The number of hydrogen-bond donors (Lipinski definition) is 0. The van der Waals surface area contributed by atoms with Crippen molar-refractivity contribution in [3.8, 4) is 0 Å². The Balaban J connectivity index is 2.27. The Morgan fingerprint density at radius 3 is 2.67 bits per heavy atom. The van der Waals surface area contributed by atoms with E-state index in [1.165, 1.54) is 5.56 Å². The van der Waals surface area contributed by atoms with Crippen LogP contribution in [0.2, 0.25) is 0 Å². The summed E-state index contributed by atoms with van der Waals surface area (Å²) in [5, 5.41) is 0.840. The molecule has 0 saturated carbocycles. The maximum Gasteiger partial charge on any atom is 0.497 e. The molecule has 0 radical (unpaired) electrons. The van der Waals surface area contributed by atoms with Gasteiger partial charge in [-0.3, -0.25) is 0 Å². The van der Waals surface area contributed by atoms with Crippen LogP contribution in [0, 0.1) is 0 Å². The molecule has 1 aliphatic rings. The summed E-state index contributed by atoms with van der Waals surface area (Å²) in [6.07, 6.45) is 0. The fourth-order valence-electron chi connectivity index (χ4n) is 1.20. The third-order valence-corrected chi connectivity index (χ3v) is 2.50. The average molecular weight is 227 g/mol. The molecule has 12 heavy (non-hydrogen) atoms. The topological polar surface area (TPSA) is 18.5 Å². The summed E-state index contributed by atoms with van der Waals surface area (Å²) in [5.41, 5.74) is 2.35. The summed E-state index contributed by atoms with van der Waals surface area (Å²) in [6, 6.07) is 8.10. The van der Waals surface area contributed by atoms with Crippen LogP contribution < -0.4 is 5.46 Å². The molecule has 1 aromatic carbocycles. The zero-order valence-corrected chi connectivity index (χ0v) is 8.08. The van der Waals surface area contributed by atoms with Gasteiger partial charge in [0.2, 0.25) is 0 Å². The lowest BCUT2D eigenvalue weighted by atomic mass is 9.75. The highest BCUT2D eigenvalue weighted by atomic mass is 79.9. The van der Waals surface area contributed by atoms with Crippen molar-refractivity contribution in [1.29, 1.82) is 0 Å². The van der Waals surface area contributed by atoms with Gasteiger partial charge >= 0.3 is 7.12 Å². The second kappa shape index (κ2) is 3.60. The Morgan fingerprint density at radius 2 is 2.08 bits per heavy atom. The second-order valence-corrected chi connectivity index (χ2v) is 3.18. The monoisotopic (exact) mass is 226 g/mol. The maximum absolute atomic E-state index is 5.22. The predicted octanol–water partition coefficient (Wildman–Crippen LogP) is 1.28. The predicted molar refractivity (Wildman–Crippen MR) is 51.5 cm³/mol. The molecule has 1 fully saturated rings. The third kappa shape index (κ3) is 1.42. The number of halogens is 1. The van der Waals surface area contributed by atoms with Crippen LogP contribution in [0.25, 0.3) is 0 Å². The highest BCUT2D eigenvalue weighted by Gasteiger charge is 2.30. The molecule has 0 unspecified atom stereocenters. The molecule has 2 rings (SSSR count). The van der Waals surface area contributed by atoms with Crippen LogP contribution in [-0.2, 0) is 14.6 Å². The van der Waals surface area contributed by atoms with Gasteiger partial charge in [0.05, 0.1) is 0 Å². The minimum Gasteiger partial charge on any atom is -0.385 e. The Kier molecular flexibility index (Phi) is 2.49. The number of alkyl halides is 1. The number of benzene rings is 1. The Labute approximate surface area is 80.1 Å². The molecule has 0 spiro atoms. The quantitative estimate of drug-likeness (QED) is 0.559. The van der Waals surface area contributed by atoms with E-state index >= 15 is 0 Å². The van der Waals surface area contributed by atoms with E-state index in [0.717, 1.165) is 10.8 Å². The largest absolute Gasteiger partial charge is 0.497 e. The van der Waals surface area contributed by atoms with E-state index in [0.29, 0.717) is 6.79 Å². The summed E-state index contributed by atoms with van der Waals surface area (Å²) in [4.78, 5) is 0. The van der Waals surface area contributed by atoms with Crippen LogP contribution in [0.1, 0.15) is 5.56 Å². The SMILES string of the molecule is BrCc1ccccc1B1OCO1. The first-order chi connectivity index (χ1) is 5.92. The van der Waals surface area contributed by atoms with E-state index in [4.69, 9.17) is 9.31 Å². The average Bonchev–Trinajstić information content (AvgIpc) is 2.02. The third-order valence-electron chi connectivity index (χ3n) is 1.89. The summed E-state index contributed by atoms with van der Waals surface area (Å²) in [7, 11) is -0.140. The standard InChI is InChI=1S/C8H8BBrO2/c10-5-7-3-1-2-4-8(7)9-11-6-12-9/h1-4H,5-6H2. The molecule has 4 heteroatoms. The minimum atomic E-state index is -0.140. The van der Waals surface area contributed by atoms with E-state index in [9.17, 15) is 0 Å². The minimum absolute atomic E-state index is 0.140. The van der Waals surface area contributed by atoms with Crippen molar-refractivity contribution < 1.29 is 9.31 Å². The van der Waals surface area contributed by atoms with E-state index in [-0.39, 0.29) is 7.12 Å². The second-order valence-electron chi connectivity index (χ2n) is 2.62. The molecule has 1 heterocycles. The van der Waals surface area contributed by atoms with E-state index < -0.39 is 0 Å². The summed E-state index contributed by atoms with van der Waals surface area (Å²) in [5.74, 6) is 0. The van der Waals surface area contributed by atoms with Gasteiger partial charge in [-0.25, -0.2) is 0 Å². The van der Waals surface area contributed by atoms with Gasteiger partial charge in [0.15, 0.2) is 0 Å². The lowest BCUT2D eigenvalue weighted by molar-refractivity contribution is -0.00401. The van der Waals surface area contributed by atoms with Crippen LogP contribution in [0.15, 0.2) is 24.3 Å². The van der Waals surface area contributed by atoms with Gasteiger partial charge in [0, 0.05) is 5.33 Å². The van der Waals surface area contributed by atoms with Crippen LogP contribution in [-0.4, -0.2) is 13.9 Å². The highest BCUT2D eigenvalue weighted by molar-refractivity contribution is 9.08. The van der Waals surface area contributed by atoms with Gasteiger partial charge in [0.1, 0.15) is 6.79 Å². The summed E-state index contributed by atoms with van der Waals surface area (Å²) in [6.45, 7) is 0.418. The fourth-order valence-corrected chi connectivity index (χ4v) is 1.71. The Morgan fingerprint density at radius 1 is 1.33 bits per heavy atom. The zero-order chi connectivity index (χ0) is 8.39. The van der Waals surface area contributed by atoms with Gasteiger partial charge in [-0.15, -0.1) is 0 Å². The molecular formula is C8H8BBrO2. The first kappa shape index (κ1) is 8.29. The van der Waals surface area contributed by atoms with Crippen LogP contribution in [0.5, 0.6) is 0 Å². The van der Waals surface area contributed by atoms with Gasteiger partial charge in [-0.05, 0) is 11.0 Å². The van der Waals surface area contributed by atoms with Gasteiger partial charge in [-0.1, -0.05) is 40.2 Å². The first-order valence-corrected chi connectivity index (χ1v) is 4.91. The molecular weight excluding hydrogens is 219 g/mol. The van der Waals surface area contributed by atoms with Crippen LogP contribution in [0.4, 0.5) is 0 Å². The maximum atomic E-state index is 5.22. The molecule has 1 aliphatic heterocycles. The smallest absolute Gasteiger partial charge is 0.385 e. The Bertz CT molecular complexity index is 276. The van der Waals surface area contributed by atoms with Crippen molar-refractivity contribution in [2.75, 3.05) is 6.79 Å². The first-order valence-electron chi connectivity index (χ1n) is 3.79. The molecule has 0 bridgehead atoms. The molecule has 0 N–H and O–H groups in total. The van der Waals surface area contributed by atoms with Crippen molar-refractivity contribution in [2.45, 2.75) is 5.33 Å². The van der Waals surface area contributed by atoms with E-state index in [1.807, 2.05) is 18.2 Å². The van der Waals surface area contributed by atoms with Crippen molar-refractivity contribution in [3.05, 3.63) is 29.8 Å². The van der Waals surface area contributed by atoms with Crippen LogP contribution in [0.3, 0.4) is 0 Å². The lowest BCUT2D eigenvalue weighted by Crippen LogP contribution is -2.47. The molecule has 1 saturated heterocycles. The number of rotatable bonds is 2. The van der Waals surface area contributed by atoms with Gasteiger partial charge in [-0.2, -0.15) is 0 Å². The van der Waals surface area contributed by atoms with Gasteiger partial charge < -0.3 is 9.31 Å². The molecule has 2 nitrogen and oxygen atoms in total. The molecule has 1 aromatic rings. The Hall–Kier alpha value is -0.315. The van der Waals surface area contributed by atoms with Crippen LogP contribution >= 0.6 is 15.9 Å². The normalized spacial score (nSPS) is 15.9. The number of hydrogen-bond acceptors (Lipinski definition) is 2. The fraction of sp³-hybridized carbons (Fsp3) is 0.250. The summed E-state index contributed by atoms with van der Waals surface area (Å²) < 4.78 is 10.4. The van der Waals surface area contributed by atoms with E-state index in [2.05, 4.69) is 22.0 Å². The van der Waals surface area contributed by atoms with Crippen molar-refractivity contribution in [2.24, 2.45) is 0 Å². The summed E-state index contributed by atoms with van der Waals surface area (Å²) >= 11 is 3.42. The van der Waals surface area contributed by atoms with E-state index in [1.54, 1.807) is 0 Å². The van der Waals surface area contributed by atoms with Gasteiger partial charge in [0.25, 0.3) is 0 Å². The molecule has 0 amide bonds. The molecule has 0 atom stereocenters. The molecule has 0 aromatic heterocycles. The van der Waals surface area contributed by atoms with Crippen molar-refractivity contribution in [3.63, 3.8) is 0 Å². The molecule has 62 valence electrons. The molecule has 0 aliphatic carbocycles. The highest BCUT2D eigenvalue weighted by Crippen LogP contribution is 2.09. The van der Waals surface area contributed by atoms with Crippen molar-refractivity contribution in [1.82, 2.24) is 0 Å². The van der Waals surface area contributed by atoms with Crippen molar-refractivity contribution >= 4 is 28.5 Å².